The van der Waals surface area contributed by atoms with Crippen LogP contribution in [-0.2, 0) is 25.7 Å². The van der Waals surface area contributed by atoms with Gasteiger partial charge in [-0.2, -0.15) is 0 Å². The number of hydrogen-bond acceptors (Lipinski definition) is 9. The molecule has 3 atom stereocenters. The predicted molar refractivity (Wildman–Crippen MR) is 184 cm³/mol. The third-order valence-electron chi connectivity index (χ3n) is 8.48. The SMILES string of the molecule is Cc1ncsc1-c1ccc(CNC(=O)[C@@H]2C[C@@H](O)CN2C(=O)[C@@H](NC(=O)C2(F)CC2)C(C)(C)C)c(OCCCN(C)C(=O)OC(C)(C)C)c1. The van der Waals surface area contributed by atoms with Crippen molar-refractivity contribution in [2.24, 2.45) is 5.41 Å². The van der Waals surface area contributed by atoms with Crippen LogP contribution in [0.3, 0.4) is 0 Å². The zero-order valence-electron chi connectivity index (χ0n) is 29.7. The minimum absolute atomic E-state index is 0.0214. The molecule has 1 saturated carbocycles. The highest BCUT2D eigenvalue weighted by Gasteiger charge is 2.53. The van der Waals surface area contributed by atoms with Crippen molar-refractivity contribution in [1.82, 2.24) is 25.4 Å². The van der Waals surface area contributed by atoms with Crippen LogP contribution in [0.5, 0.6) is 5.75 Å². The van der Waals surface area contributed by atoms with Gasteiger partial charge in [-0.15, -0.1) is 11.3 Å². The molecule has 0 spiro atoms. The molecular formula is C35H50FN5O7S. The Bertz CT molecular complexity index is 1530. The van der Waals surface area contributed by atoms with Gasteiger partial charge in [0, 0.05) is 38.7 Å². The highest BCUT2D eigenvalue weighted by Crippen LogP contribution is 2.40. The molecular weight excluding hydrogens is 653 g/mol. The van der Waals surface area contributed by atoms with Crippen LogP contribution in [0.2, 0.25) is 0 Å². The number of ether oxygens (including phenoxy) is 2. The summed E-state index contributed by atoms with van der Waals surface area (Å²) in [6.45, 7) is 13.3. The van der Waals surface area contributed by atoms with Gasteiger partial charge in [-0.3, -0.25) is 14.4 Å². The number of thiazole rings is 1. The summed E-state index contributed by atoms with van der Waals surface area (Å²) >= 11 is 1.50. The second kappa shape index (κ2) is 15.0. The number of aromatic nitrogens is 1. The Morgan fingerprint density at radius 3 is 2.47 bits per heavy atom. The third kappa shape index (κ3) is 9.90. The van der Waals surface area contributed by atoms with Crippen molar-refractivity contribution in [2.75, 3.05) is 26.7 Å². The minimum atomic E-state index is -1.97. The molecule has 1 saturated heterocycles. The number of carbonyl (C=O) groups excluding carboxylic acids is 4. The normalized spacial score (nSPS) is 19.2. The van der Waals surface area contributed by atoms with Crippen molar-refractivity contribution in [3.63, 3.8) is 0 Å². The number of likely N-dealkylation sites (tertiary alicyclic amines) is 1. The molecule has 0 bridgehead atoms. The number of hydrogen-bond donors (Lipinski definition) is 3. The third-order valence-corrected chi connectivity index (χ3v) is 9.46. The van der Waals surface area contributed by atoms with E-state index in [-0.39, 0.29) is 39.0 Å². The van der Waals surface area contributed by atoms with E-state index in [9.17, 15) is 28.7 Å². The molecule has 49 heavy (non-hydrogen) atoms. The van der Waals surface area contributed by atoms with Crippen LogP contribution < -0.4 is 15.4 Å². The number of benzene rings is 1. The highest BCUT2D eigenvalue weighted by molar-refractivity contribution is 7.13. The van der Waals surface area contributed by atoms with E-state index in [0.717, 1.165) is 16.1 Å². The maximum atomic E-state index is 14.5. The summed E-state index contributed by atoms with van der Waals surface area (Å²) in [6.07, 6.45) is -0.598. The van der Waals surface area contributed by atoms with Gasteiger partial charge in [0.25, 0.3) is 5.91 Å². The fraction of sp³-hybridized carbons (Fsp3) is 0.629. The molecule has 2 aliphatic rings. The molecule has 1 aromatic heterocycles. The monoisotopic (exact) mass is 703 g/mol. The number of nitrogens with zero attached hydrogens (tertiary/aromatic N) is 3. The maximum Gasteiger partial charge on any atom is 0.410 e. The van der Waals surface area contributed by atoms with Crippen LogP contribution in [0.1, 0.15) is 78.5 Å². The average molecular weight is 704 g/mol. The molecule has 2 heterocycles. The standard InChI is InChI=1S/C35H50FN5O7S/c1-21-27(49-20-38-21)22-10-11-23(26(16-22)47-15-9-14-40(8)32(46)48-34(5,6)7)18-37-29(43)25-17-24(42)19-41(25)30(44)28(33(2,3)4)39-31(45)35(36)12-13-35/h10-11,16,20,24-25,28,42H,9,12-15,17-19H2,1-8H3,(H,37,43)(H,39,45)/t24-,25+,28-/m1/s1. The molecule has 270 valence electrons. The first kappa shape index (κ1) is 38.0. The lowest BCUT2D eigenvalue weighted by atomic mass is 9.85. The Kier molecular flexibility index (Phi) is 11.6. The van der Waals surface area contributed by atoms with Crippen LogP contribution in [0.15, 0.2) is 23.7 Å². The van der Waals surface area contributed by atoms with E-state index < -0.39 is 58.7 Å². The van der Waals surface area contributed by atoms with Crippen molar-refractivity contribution in [2.45, 2.75) is 110 Å². The van der Waals surface area contributed by atoms with E-state index in [4.69, 9.17) is 9.47 Å². The lowest BCUT2D eigenvalue weighted by molar-refractivity contribution is -0.145. The Hall–Kier alpha value is -3.78. The number of rotatable bonds is 12. The topological polar surface area (TPSA) is 150 Å². The van der Waals surface area contributed by atoms with Gasteiger partial charge < -0.3 is 35.0 Å². The van der Waals surface area contributed by atoms with Gasteiger partial charge in [0.05, 0.1) is 28.8 Å². The average Bonchev–Trinajstić information content (AvgIpc) is 3.42. The Morgan fingerprint density at radius 2 is 1.88 bits per heavy atom. The molecule has 12 nitrogen and oxygen atoms in total. The number of aliphatic hydroxyl groups is 1. The summed E-state index contributed by atoms with van der Waals surface area (Å²) in [4.78, 5) is 60.4. The van der Waals surface area contributed by atoms with Crippen LogP contribution in [0.4, 0.5) is 9.18 Å². The Labute approximate surface area is 291 Å². The van der Waals surface area contributed by atoms with Gasteiger partial charge in [0.1, 0.15) is 23.4 Å². The fourth-order valence-corrected chi connectivity index (χ4v) is 6.29. The molecule has 2 aromatic rings. The van der Waals surface area contributed by atoms with E-state index in [1.54, 1.807) is 33.3 Å². The number of aryl methyl sites for hydroxylation is 1. The highest BCUT2D eigenvalue weighted by atomic mass is 32.1. The van der Waals surface area contributed by atoms with E-state index in [2.05, 4.69) is 15.6 Å². The number of halogens is 1. The zero-order chi connectivity index (χ0) is 36.3. The molecule has 3 N–H and O–H groups in total. The summed E-state index contributed by atoms with van der Waals surface area (Å²) < 4.78 is 26.1. The number of β-amino-alcohol motifs (C(OH)–C–C–N with tert-alkyl or cyclic N) is 1. The van der Waals surface area contributed by atoms with Crippen LogP contribution >= 0.6 is 11.3 Å². The first-order valence-corrected chi connectivity index (χ1v) is 17.5. The van der Waals surface area contributed by atoms with Crippen molar-refractivity contribution >= 4 is 35.2 Å². The largest absolute Gasteiger partial charge is 0.493 e. The Morgan fingerprint density at radius 1 is 1.18 bits per heavy atom. The number of amides is 4. The molecule has 14 heteroatoms. The fourth-order valence-electron chi connectivity index (χ4n) is 5.49. The van der Waals surface area contributed by atoms with Crippen LogP contribution in [0.25, 0.3) is 10.4 Å². The van der Waals surface area contributed by atoms with Gasteiger partial charge in [0.2, 0.25) is 11.8 Å². The number of carbonyl (C=O) groups is 4. The number of aliphatic hydroxyl groups excluding tert-OH is 1. The molecule has 4 rings (SSSR count). The van der Waals surface area contributed by atoms with Crippen LogP contribution in [-0.4, -0.2) is 99.9 Å². The van der Waals surface area contributed by atoms with E-state index in [1.807, 2.05) is 45.9 Å². The molecule has 1 aromatic carbocycles. The van der Waals surface area contributed by atoms with Gasteiger partial charge >= 0.3 is 6.09 Å². The van der Waals surface area contributed by atoms with Gasteiger partial charge in [-0.25, -0.2) is 14.2 Å². The van der Waals surface area contributed by atoms with Gasteiger partial charge in [-0.1, -0.05) is 32.9 Å². The molecule has 2 fully saturated rings. The molecule has 0 unspecified atom stereocenters. The van der Waals surface area contributed by atoms with E-state index in [0.29, 0.717) is 24.3 Å². The molecule has 1 aliphatic carbocycles. The van der Waals surface area contributed by atoms with Crippen molar-refractivity contribution in [3.8, 4) is 16.2 Å². The number of alkyl halides is 1. The van der Waals surface area contributed by atoms with Gasteiger partial charge in [0.15, 0.2) is 5.67 Å². The summed E-state index contributed by atoms with van der Waals surface area (Å²) in [5.41, 5.74) is 0.898. The number of nitrogens with one attached hydrogen (secondary N) is 2. The molecule has 0 radical (unpaired) electrons. The van der Waals surface area contributed by atoms with Crippen molar-refractivity contribution < 1.29 is 38.1 Å². The summed E-state index contributed by atoms with van der Waals surface area (Å²) in [6, 6.07) is 3.60. The van der Waals surface area contributed by atoms with Crippen molar-refractivity contribution in [3.05, 3.63) is 35.0 Å². The maximum absolute atomic E-state index is 14.5. The van der Waals surface area contributed by atoms with E-state index in [1.165, 1.54) is 21.1 Å². The quantitative estimate of drug-likeness (QED) is 0.276. The lowest BCUT2D eigenvalue weighted by Gasteiger charge is -2.35. The van der Waals surface area contributed by atoms with Crippen LogP contribution in [0, 0.1) is 12.3 Å². The molecule has 4 amide bonds. The predicted octanol–water partition coefficient (Wildman–Crippen LogP) is 4.37. The lowest BCUT2D eigenvalue weighted by Crippen LogP contribution is -2.59. The summed E-state index contributed by atoms with van der Waals surface area (Å²) in [7, 11) is 1.67. The van der Waals surface area contributed by atoms with Gasteiger partial charge in [-0.05, 0) is 64.0 Å². The smallest absolute Gasteiger partial charge is 0.410 e. The summed E-state index contributed by atoms with van der Waals surface area (Å²) in [5.74, 6) is -1.31. The second-order valence-electron chi connectivity index (χ2n) is 15.0. The molecule has 1 aliphatic heterocycles. The zero-order valence-corrected chi connectivity index (χ0v) is 30.5. The second-order valence-corrected chi connectivity index (χ2v) is 15.9. The summed E-state index contributed by atoms with van der Waals surface area (Å²) in [5, 5.41) is 16.0. The minimum Gasteiger partial charge on any atom is -0.493 e. The Balaban J connectivity index is 1.45. The first-order valence-electron chi connectivity index (χ1n) is 16.7. The van der Waals surface area contributed by atoms with E-state index >= 15 is 0 Å². The van der Waals surface area contributed by atoms with Crippen molar-refractivity contribution in [1.29, 1.82) is 0 Å². The first-order chi connectivity index (χ1) is 22.8.